The van der Waals surface area contributed by atoms with Crippen LogP contribution in [-0.2, 0) is 13.0 Å². The number of methoxy groups -OCH3 is 1. The van der Waals surface area contributed by atoms with E-state index in [1.165, 1.54) is 0 Å². The summed E-state index contributed by atoms with van der Waals surface area (Å²) in [5.74, 6) is 2.07. The highest BCUT2D eigenvalue weighted by atomic mass is 16.5. The molecule has 2 aromatic carbocycles. The lowest BCUT2D eigenvalue weighted by atomic mass is 10.1. The van der Waals surface area contributed by atoms with Gasteiger partial charge < -0.3 is 20.4 Å². The van der Waals surface area contributed by atoms with Crippen molar-refractivity contribution in [2.75, 3.05) is 19.4 Å². The molecule has 5 rings (SSSR count). The third-order valence-corrected chi connectivity index (χ3v) is 6.23. The molecule has 0 unspecified atom stereocenters. The predicted octanol–water partition coefficient (Wildman–Crippen LogP) is 4.37. The fourth-order valence-electron chi connectivity index (χ4n) is 4.40. The number of carbonyl (C=O) groups excluding carboxylic acids is 1. The Labute approximate surface area is 209 Å². The van der Waals surface area contributed by atoms with Crippen LogP contribution in [0.1, 0.15) is 34.6 Å². The van der Waals surface area contributed by atoms with Gasteiger partial charge in [-0.15, -0.1) is 0 Å². The van der Waals surface area contributed by atoms with Gasteiger partial charge in [-0.05, 0) is 48.7 Å². The Bertz CT molecular complexity index is 1500. The number of imidazole rings is 1. The van der Waals surface area contributed by atoms with Crippen molar-refractivity contribution in [2.45, 2.75) is 25.8 Å². The first kappa shape index (κ1) is 23.3. The minimum atomic E-state index is -0.110. The molecule has 0 atom stereocenters. The molecule has 8 heteroatoms. The van der Waals surface area contributed by atoms with E-state index in [1.54, 1.807) is 31.6 Å². The first-order valence-electron chi connectivity index (χ1n) is 12.0. The second-order valence-corrected chi connectivity index (χ2v) is 8.62. The van der Waals surface area contributed by atoms with Gasteiger partial charge in [-0.25, -0.2) is 9.97 Å². The first-order chi connectivity index (χ1) is 17.6. The number of hydrogen-bond acceptors (Lipinski definition) is 6. The molecule has 36 heavy (non-hydrogen) atoms. The maximum absolute atomic E-state index is 12.3. The standard InChI is InChI=1S/C28H28N6O2/c1-36-21-12-10-19(11-13-21)17-24-33-25-26(22-8-2-3-9-23(22)32-27(25)29)34(24)16-5-4-15-31-28(35)20-7-6-14-30-18-20/h2-3,6-14,18H,4-5,15-17H2,1H3,(H2,29,32)(H,31,35). The molecule has 0 aliphatic carbocycles. The van der Waals surface area contributed by atoms with Crippen LogP contribution in [0.3, 0.4) is 0 Å². The zero-order valence-corrected chi connectivity index (χ0v) is 20.1. The van der Waals surface area contributed by atoms with Crippen LogP contribution in [0.4, 0.5) is 5.82 Å². The number of rotatable bonds is 9. The molecule has 8 nitrogen and oxygen atoms in total. The minimum absolute atomic E-state index is 0.110. The Kier molecular flexibility index (Phi) is 6.75. The number of nitrogen functional groups attached to an aromatic ring is 1. The van der Waals surface area contributed by atoms with Crippen molar-refractivity contribution < 1.29 is 9.53 Å². The summed E-state index contributed by atoms with van der Waals surface area (Å²) in [7, 11) is 1.66. The summed E-state index contributed by atoms with van der Waals surface area (Å²) < 4.78 is 7.55. The molecule has 1 amide bonds. The SMILES string of the molecule is COc1ccc(Cc2nc3c(N)nc4ccccc4c3n2CCCCNC(=O)c2cccnc2)cc1. The van der Waals surface area contributed by atoms with E-state index in [9.17, 15) is 4.79 Å². The van der Waals surface area contributed by atoms with Gasteiger partial charge in [-0.3, -0.25) is 9.78 Å². The van der Waals surface area contributed by atoms with Crippen molar-refractivity contribution >= 4 is 33.7 Å². The van der Waals surface area contributed by atoms with Crippen LogP contribution in [-0.4, -0.2) is 39.1 Å². The van der Waals surface area contributed by atoms with Gasteiger partial charge >= 0.3 is 0 Å². The van der Waals surface area contributed by atoms with Crippen molar-refractivity contribution in [1.82, 2.24) is 24.8 Å². The Hall–Kier alpha value is -4.46. The van der Waals surface area contributed by atoms with E-state index < -0.39 is 0 Å². The van der Waals surface area contributed by atoms with Gasteiger partial charge in [0.25, 0.3) is 5.91 Å². The number of nitrogens with zero attached hydrogens (tertiary/aromatic N) is 4. The molecule has 0 saturated heterocycles. The van der Waals surface area contributed by atoms with Crippen LogP contribution in [0.5, 0.6) is 5.75 Å². The molecular formula is C28H28N6O2. The number of nitrogens with two attached hydrogens (primary N) is 1. The Balaban J connectivity index is 1.39. The quantitative estimate of drug-likeness (QED) is 0.303. The van der Waals surface area contributed by atoms with Crippen LogP contribution in [0, 0.1) is 0 Å². The number of nitrogens with one attached hydrogen (secondary N) is 1. The third kappa shape index (κ3) is 4.84. The van der Waals surface area contributed by atoms with Gasteiger partial charge in [0.05, 0.1) is 23.7 Å². The van der Waals surface area contributed by atoms with Gasteiger partial charge in [0, 0.05) is 37.3 Å². The summed E-state index contributed by atoms with van der Waals surface area (Å²) in [4.78, 5) is 25.8. The fourth-order valence-corrected chi connectivity index (χ4v) is 4.40. The molecule has 0 bridgehead atoms. The number of hydrogen-bond donors (Lipinski definition) is 2. The average molecular weight is 481 g/mol. The van der Waals surface area contributed by atoms with Gasteiger partial charge in [0.15, 0.2) is 5.82 Å². The van der Waals surface area contributed by atoms with Crippen LogP contribution in [0.25, 0.3) is 21.9 Å². The molecule has 0 fully saturated rings. The molecule has 5 aromatic rings. The topological polar surface area (TPSA) is 108 Å². The van der Waals surface area contributed by atoms with Crippen molar-refractivity contribution in [3.8, 4) is 5.75 Å². The summed E-state index contributed by atoms with van der Waals surface area (Å²) in [6, 6.07) is 19.5. The number of unbranched alkanes of at least 4 members (excludes halogenated alkanes) is 1. The Morgan fingerprint density at radius 1 is 1.03 bits per heavy atom. The average Bonchev–Trinajstić information content (AvgIpc) is 3.28. The largest absolute Gasteiger partial charge is 0.497 e. The maximum Gasteiger partial charge on any atom is 0.252 e. The van der Waals surface area contributed by atoms with E-state index >= 15 is 0 Å². The molecule has 0 aliphatic rings. The van der Waals surface area contributed by atoms with Gasteiger partial charge in [0.1, 0.15) is 17.1 Å². The van der Waals surface area contributed by atoms with Gasteiger partial charge in [-0.1, -0.05) is 30.3 Å². The minimum Gasteiger partial charge on any atom is -0.497 e. The first-order valence-corrected chi connectivity index (χ1v) is 12.0. The number of amides is 1. The number of anilines is 1. The second-order valence-electron chi connectivity index (χ2n) is 8.62. The summed E-state index contributed by atoms with van der Waals surface area (Å²) in [5, 5.41) is 4.00. The highest BCUT2D eigenvalue weighted by Crippen LogP contribution is 2.30. The zero-order chi connectivity index (χ0) is 24.9. The smallest absolute Gasteiger partial charge is 0.252 e. The predicted molar refractivity (Wildman–Crippen MR) is 141 cm³/mol. The van der Waals surface area contributed by atoms with Crippen LogP contribution in [0.2, 0.25) is 0 Å². The molecule has 0 spiro atoms. The number of benzene rings is 2. The third-order valence-electron chi connectivity index (χ3n) is 6.23. The van der Waals surface area contributed by atoms with Crippen molar-refractivity contribution in [1.29, 1.82) is 0 Å². The molecule has 0 aliphatic heterocycles. The zero-order valence-electron chi connectivity index (χ0n) is 20.1. The Morgan fingerprint density at radius 3 is 2.64 bits per heavy atom. The van der Waals surface area contributed by atoms with E-state index in [1.807, 2.05) is 30.3 Å². The summed E-state index contributed by atoms with van der Waals surface area (Å²) in [5.41, 5.74) is 10.6. The van der Waals surface area contributed by atoms with Crippen molar-refractivity contribution in [2.24, 2.45) is 0 Å². The highest BCUT2D eigenvalue weighted by molar-refractivity contribution is 6.06. The van der Waals surface area contributed by atoms with Crippen molar-refractivity contribution in [3.05, 3.63) is 90.0 Å². The molecule has 0 radical (unpaired) electrons. The summed E-state index contributed by atoms with van der Waals surface area (Å²) in [6.07, 6.45) is 5.57. The molecule has 3 aromatic heterocycles. The number of carbonyl (C=O) groups is 1. The summed E-state index contributed by atoms with van der Waals surface area (Å²) >= 11 is 0. The van der Waals surface area contributed by atoms with E-state index in [2.05, 4.69) is 38.1 Å². The lowest BCUT2D eigenvalue weighted by molar-refractivity contribution is 0.0952. The van der Waals surface area contributed by atoms with Gasteiger partial charge in [0.2, 0.25) is 0 Å². The van der Waals surface area contributed by atoms with Crippen LogP contribution >= 0.6 is 0 Å². The maximum atomic E-state index is 12.3. The lowest BCUT2D eigenvalue weighted by Gasteiger charge is -2.12. The monoisotopic (exact) mass is 480 g/mol. The van der Waals surface area contributed by atoms with E-state index in [0.29, 0.717) is 24.3 Å². The fraction of sp³-hybridized carbons (Fsp3) is 0.214. The number of aryl methyl sites for hydroxylation is 1. The number of fused-ring (bicyclic) bond motifs is 3. The highest BCUT2D eigenvalue weighted by Gasteiger charge is 2.17. The summed E-state index contributed by atoms with van der Waals surface area (Å²) in [6.45, 7) is 1.33. The Morgan fingerprint density at radius 2 is 1.86 bits per heavy atom. The van der Waals surface area contributed by atoms with E-state index in [-0.39, 0.29) is 5.91 Å². The van der Waals surface area contributed by atoms with Crippen molar-refractivity contribution in [3.63, 3.8) is 0 Å². The number of para-hydroxylation sites is 1. The van der Waals surface area contributed by atoms with Gasteiger partial charge in [-0.2, -0.15) is 0 Å². The molecular weight excluding hydrogens is 452 g/mol. The normalized spacial score (nSPS) is 11.1. The molecule has 3 heterocycles. The molecule has 182 valence electrons. The lowest BCUT2D eigenvalue weighted by Crippen LogP contribution is -2.24. The van der Waals surface area contributed by atoms with E-state index in [0.717, 1.165) is 58.5 Å². The number of aromatic nitrogens is 4. The number of pyridine rings is 2. The van der Waals surface area contributed by atoms with E-state index in [4.69, 9.17) is 15.5 Å². The van der Waals surface area contributed by atoms with Crippen LogP contribution in [0.15, 0.2) is 73.1 Å². The molecule has 0 saturated carbocycles. The molecule has 3 N–H and O–H groups in total. The second kappa shape index (κ2) is 10.4. The van der Waals surface area contributed by atoms with Crippen LogP contribution < -0.4 is 15.8 Å². The number of ether oxygens (including phenoxy) is 1.